The summed E-state index contributed by atoms with van der Waals surface area (Å²) in [6.07, 6.45) is -2.67. The average Bonchev–Trinajstić information content (AvgIpc) is 2.92. The summed E-state index contributed by atoms with van der Waals surface area (Å²) in [7, 11) is 0. The highest BCUT2D eigenvalue weighted by Gasteiger charge is 2.17. The van der Waals surface area contributed by atoms with Gasteiger partial charge in [0.2, 0.25) is 0 Å². The number of hydrogen-bond donors (Lipinski definition) is 0. The van der Waals surface area contributed by atoms with Crippen molar-refractivity contribution in [3.8, 4) is 0 Å². The molecule has 0 aliphatic heterocycles. The standard InChI is InChI=1S/C15H21N3O/c1-17(2)11-12-19-15(13-7-5-4-6-8-13)14-9-10-16-18(14)3/h4-10,15H,11-12H2,1-3H3/i1D3,2D3,3D3,9D,10D,11D2,12D2. The zero-order valence-electron chi connectivity index (χ0n) is 24.7. The van der Waals surface area contributed by atoms with Gasteiger partial charge in [0.25, 0.3) is 0 Å². The van der Waals surface area contributed by atoms with E-state index in [1.54, 1.807) is 6.07 Å². The number of aryl methyl sites for hydroxylation is 1. The van der Waals surface area contributed by atoms with Crippen molar-refractivity contribution in [2.75, 3.05) is 27.0 Å². The second kappa shape index (κ2) is 6.50. The van der Waals surface area contributed by atoms with E-state index in [0.29, 0.717) is 0 Å². The van der Waals surface area contributed by atoms with Crippen LogP contribution in [0.15, 0.2) is 42.5 Å². The van der Waals surface area contributed by atoms with Gasteiger partial charge in [-0.25, -0.2) is 0 Å². The van der Waals surface area contributed by atoms with Gasteiger partial charge in [-0.05, 0) is 25.6 Å². The predicted octanol–water partition coefficient (Wildman–Crippen LogP) is 2.09. The number of likely N-dealkylation sites (N-methyl/N-ethyl adjacent to an activating group) is 1. The minimum Gasteiger partial charge on any atom is -0.366 e. The highest BCUT2D eigenvalue weighted by molar-refractivity contribution is 5.25. The van der Waals surface area contributed by atoms with Crippen molar-refractivity contribution in [2.24, 2.45) is 6.98 Å². The quantitative estimate of drug-likeness (QED) is 0.808. The zero-order valence-corrected chi connectivity index (χ0v) is 9.71. The van der Waals surface area contributed by atoms with Crippen molar-refractivity contribution in [3.63, 3.8) is 0 Å². The number of ether oxygens (including phenoxy) is 1. The SMILES string of the molecule is [2H]c1nn(C([2H])([2H])[2H])c(C(OC([2H])([2H])C([2H])([2H])N(C([2H])([2H])[2H])C([2H])([2H])[2H])c2ccccc2)c1[2H]. The van der Waals surface area contributed by atoms with Crippen LogP contribution >= 0.6 is 0 Å². The highest BCUT2D eigenvalue weighted by atomic mass is 16.5. The van der Waals surface area contributed by atoms with E-state index in [-0.39, 0.29) is 10.2 Å². The Bertz CT molecular complexity index is 979. The predicted molar refractivity (Wildman–Crippen MR) is 76.0 cm³/mol. The molecular formula is C15H21N3O. The van der Waals surface area contributed by atoms with Crippen LogP contribution < -0.4 is 0 Å². The molecule has 0 fully saturated rings. The van der Waals surface area contributed by atoms with Gasteiger partial charge in [0, 0.05) is 34.7 Å². The molecule has 4 nitrogen and oxygen atoms in total. The summed E-state index contributed by atoms with van der Waals surface area (Å²) in [5.41, 5.74) is -0.624. The van der Waals surface area contributed by atoms with Crippen molar-refractivity contribution in [1.82, 2.24) is 14.7 Å². The van der Waals surface area contributed by atoms with Gasteiger partial charge in [-0.15, -0.1) is 0 Å². The van der Waals surface area contributed by atoms with E-state index in [9.17, 15) is 0 Å². The van der Waals surface area contributed by atoms with Gasteiger partial charge in [-0.1, -0.05) is 30.3 Å². The maximum absolute atomic E-state index is 8.20. The van der Waals surface area contributed by atoms with Crippen LogP contribution in [0.25, 0.3) is 0 Å². The van der Waals surface area contributed by atoms with Crippen molar-refractivity contribution in [3.05, 3.63) is 53.8 Å². The van der Waals surface area contributed by atoms with Gasteiger partial charge >= 0.3 is 0 Å². The third-order valence-corrected chi connectivity index (χ3v) is 2.25. The molecule has 19 heavy (non-hydrogen) atoms. The monoisotopic (exact) mass is 274 g/mol. The maximum Gasteiger partial charge on any atom is 0.124 e. The molecule has 0 bridgehead atoms. The maximum atomic E-state index is 8.20. The van der Waals surface area contributed by atoms with E-state index in [0.717, 1.165) is 0 Å². The fourth-order valence-electron chi connectivity index (χ4n) is 1.46. The Hall–Kier alpha value is -1.65. The molecule has 1 aromatic heterocycles. The summed E-state index contributed by atoms with van der Waals surface area (Å²) in [6, 6.07) is 6.37. The second-order valence-electron chi connectivity index (χ2n) is 3.49. The normalized spacial score (nSPS) is 27.9. The van der Waals surface area contributed by atoms with Crippen LogP contribution in [-0.2, 0) is 11.7 Å². The number of nitrogens with zero attached hydrogens (tertiary/aromatic N) is 3. The Balaban J connectivity index is 2.73. The molecule has 0 aliphatic carbocycles. The highest BCUT2D eigenvalue weighted by Crippen LogP contribution is 2.25. The Morgan fingerprint density at radius 1 is 1.47 bits per heavy atom. The second-order valence-corrected chi connectivity index (χ2v) is 3.49. The van der Waals surface area contributed by atoms with E-state index in [1.807, 2.05) is 0 Å². The van der Waals surface area contributed by atoms with Crippen LogP contribution in [0.2, 0.25) is 0 Å². The van der Waals surface area contributed by atoms with E-state index in [1.165, 1.54) is 24.3 Å². The average molecular weight is 274 g/mol. The van der Waals surface area contributed by atoms with Crippen LogP contribution in [0, 0.1) is 0 Å². The van der Waals surface area contributed by atoms with Gasteiger partial charge < -0.3 is 9.64 Å². The lowest BCUT2D eigenvalue weighted by molar-refractivity contribution is 0.0638. The van der Waals surface area contributed by atoms with Crippen molar-refractivity contribution in [1.29, 1.82) is 0 Å². The third kappa shape index (κ3) is 3.66. The zero-order chi connectivity index (χ0) is 26.5. The van der Waals surface area contributed by atoms with Crippen molar-refractivity contribution < 1.29 is 25.3 Å². The molecule has 2 rings (SSSR count). The van der Waals surface area contributed by atoms with Gasteiger partial charge in [0.05, 0.1) is 17.7 Å². The molecule has 0 spiro atoms. The minimum atomic E-state index is -3.81. The molecular weight excluding hydrogens is 238 g/mol. The lowest BCUT2D eigenvalue weighted by Crippen LogP contribution is -2.20. The van der Waals surface area contributed by atoms with Gasteiger partial charge in [0.15, 0.2) is 0 Å². The number of rotatable bonds is 6. The molecule has 0 N–H and O–H groups in total. The van der Waals surface area contributed by atoms with Crippen LogP contribution in [0.3, 0.4) is 0 Å². The van der Waals surface area contributed by atoms with Crippen molar-refractivity contribution in [2.45, 2.75) is 6.10 Å². The number of hydrogen-bond acceptors (Lipinski definition) is 3. The summed E-state index contributed by atoms with van der Waals surface area (Å²) in [5, 5.41) is 3.48. The van der Waals surface area contributed by atoms with E-state index in [4.69, 9.17) is 25.3 Å². The molecule has 4 heteroatoms. The van der Waals surface area contributed by atoms with Gasteiger partial charge in [-0.2, -0.15) is 5.10 Å². The van der Waals surface area contributed by atoms with Crippen molar-refractivity contribution >= 4 is 0 Å². The molecule has 1 unspecified atom stereocenters. The largest absolute Gasteiger partial charge is 0.366 e. The Morgan fingerprint density at radius 3 is 3.05 bits per heavy atom. The summed E-state index contributed by atoms with van der Waals surface area (Å²) < 4.78 is 122. The molecule has 0 saturated carbocycles. The molecule has 0 aliphatic rings. The van der Waals surface area contributed by atoms with Gasteiger partial charge in [-0.3, -0.25) is 4.68 Å². The van der Waals surface area contributed by atoms with Crippen LogP contribution in [0.1, 0.15) is 37.9 Å². The first kappa shape index (κ1) is 4.17. The fourth-order valence-corrected chi connectivity index (χ4v) is 1.46. The first-order valence-electron chi connectivity index (χ1n) is 12.7. The Morgan fingerprint density at radius 2 is 2.32 bits per heavy atom. The number of aromatic nitrogens is 2. The fraction of sp³-hybridized carbons (Fsp3) is 0.400. The number of benzene rings is 1. The van der Waals surface area contributed by atoms with E-state index < -0.39 is 62.9 Å². The van der Waals surface area contributed by atoms with Crippen LogP contribution in [0.5, 0.6) is 0 Å². The molecule has 0 saturated heterocycles. The molecule has 1 atom stereocenters. The topological polar surface area (TPSA) is 30.3 Å². The summed E-state index contributed by atoms with van der Waals surface area (Å²) in [6.45, 7) is -17.8. The molecule has 0 amide bonds. The summed E-state index contributed by atoms with van der Waals surface area (Å²) >= 11 is 0. The lowest BCUT2D eigenvalue weighted by atomic mass is 10.1. The molecule has 1 heterocycles. The lowest BCUT2D eigenvalue weighted by Gasteiger charge is -2.20. The Kier molecular flexibility index (Phi) is 1.43. The van der Waals surface area contributed by atoms with E-state index >= 15 is 0 Å². The first-order valence-corrected chi connectivity index (χ1v) is 5.22. The molecule has 0 radical (unpaired) electrons. The van der Waals surface area contributed by atoms with Gasteiger partial charge in [0.1, 0.15) is 6.10 Å². The van der Waals surface area contributed by atoms with E-state index in [2.05, 4.69) is 5.10 Å². The summed E-state index contributed by atoms with van der Waals surface area (Å²) in [5.74, 6) is 0. The third-order valence-electron chi connectivity index (χ3n) is 2.25. The minimum absolute atomic E-state index is 0.00962. The molecule has 102 valence electrons. The molecule has 2 aromatic rings. The first-order chi connectivity index (χ1) is 15.1. The Labute approximate surface area is 135 Å². The smallest absolute Gasteiger partial charge is 0.124 e. The summed E-state index contributed by atoms with van der Waals surface area (Å²) in [4.78, 5) is -0.631. The van der Waals surface area contributed by atoms with Crippen LogP contribution in [-0.4, -0.2) is 41.7 Å². The molecule has 1 aromatic carbocycles. The van der Waals surface area contributed by atoms with Crippen LogP contribution in [0.4, 0.5) is 0 Å².